The molecule has 0 aliphatic carbocycles. The first-order valence-corrected chi connectivity index (χ1v) is 7.93. The van der Waals surface area contributed by atoms with Gasteiger partial charge < -0.3 is 11.1 Å². The Hall–Kier alpha value is -1.95. The van der Waals surface area contributed by atoms with E-state index in [1.165, 1.54) is 12.8 Å². The van der Waals surface area contributed by atoms with E-state index in [-0.39, 0.29) is 11.0 Å². The Morgan fingerprint density at radius 1 is 1.23 bits per heavy atom. The maximum Gasteiger partial charge on any atom is 0.224 e. The molecule has 1 aromatic rings. The standard InChI is InChI=1S/C16H24N4OS/c1-3-4-5-6-7-15(21)18-14-10-8-13(9-11-14)12(2)19-20-16(17)22/h8-11H,3-7H2,1-2H3,(H,18,21)(H3,17,20,22)/b19-12+. The molecule has 0 saturated carbocycles. The van der Waals surface area contributed by atoms with Crippen LogP contribution in [-0.2, 0) is 4.79 Å². The van der Waals surface area contributed by atoms with E-state index in [1.54, 1.807) is 0 Å². The average molecular weight is 320 g/mol. The zero-order chi connectivity index (χ0) is 16.4. The van der Waals surface area contributed by atoms with Crippen LogP contribution < -0.4 is 16.5 Å². The normalized spacial score (nSPS) is 11.1. The van der Waals surface area contributed by atoms with Crippen LogP contribution >= 0.6 is 12.2 Å². The summed E-state index contributed by atoms with van der Waals surface area (Å²) in [5.74, 6) is 0.0596. The highest BCUT2D eigenvalue weighted by Crippen LogP contribution is 2.12. The summed E-state index contributed by atoms with van der Waals surface area (Å²) < 4.78 is 0. The van der Waals surface area contributed by atoms with E-state index in [4.69, 9.17) is 18.0 Å². The summed E-state index contributed by atoms with van der Waals surface area (Å²) in [6, 6.07) is 7.51. The lowest BCUT2D eigenvalue weighted by Crippen LogP contribution is -2.25. The van der Waals surface area contributed by atoms with Crippen molar-refractivity contribution in [1.82, 2.24) is 5.43 Å². The third kappa shape index (κ3) is 7.17. The molecule has 0 aliphatic heterocycles. The highest BCUT2D eigenvalue weighted by atomic mass is 32.1. The summed E-state index contributed by atoms with van der Waals surface area (Å²) in [6.45, 7) is 4.01. The van der Waals surface area contributed by atoms with Gasteiger partial charge in [-0.05, 0) is 43.3 Å². The van der Waals surface area contributed by atoms with Crippen molar-refractivity contribution in [2.75, 3.05) is 5.32 Å². The number of unbranched alkanes of at least 4 members (excludes halogenated alkanes) is 3. The minimum atomic E-state index is 0.0596. The van der Waals surface area contributed by atoms with Gasteiger partial charge in [0.05, 0.1) is 5.71 Å². The fourth-order valence-electron chi connectivity index (χ4n) is 1.93. The third-order valence-corrected chi connectivity index (χ3v) is 3.27. The van der Waals surface area contributed by atoms with Crippen LogP contribution in [0.2, 0.25) is 0 Å². The smallest absolute Gasteiger partial charge is 0.224 e. The lowest BCUT2D eigenvalue weighted by molar-refractivity contribution is -0.116. The second-order valence-corrected chi connectivity index (χ2v) is 5.55. The second-order valence-electron chi connectivity index (χ2n) is 5.11. The van der Waals surface area contributed by atoms with Crippen LogP contribution in [0.4, 0.5) is 5.69 Å². The van der Waals surface area contributed by atoms with Gasteiger partial charge in [0.2, 0.25) is 5.91 Å². The molecular weight excluding hydrogens is 296 g/mol. The highest BCUT2D eigenvalue weighted by molar-refractivity contribution is 7.80. The second kappa shape index (κ2) is 9.89. The molecule has 0 radical (unpaired) electrons. The van der Waals surface area contributed by atoms with Crippen molar-refractivity contribution >= 4 is 34.6 Å². The van der Waals surface area contributed by atoms with Crippen LogP contribution in [0.25, 0.3) is 0 Å². The topological polar surface area (TPSA) is 79.5 Å². The summed E-state index contributed by atoms with van der Waals surface area (Å²) in [7, 11) is 0. The van der Waals surface area contributed by atoms with Crippen molar-refractivity contribution in [2.24, 2.45) is 10.8 Å². The van der Waals surface area contributed by atoms with E-state index in [0.717, 1.165) is 29.8 Å². The number of carbonyl (C=O) groups is 1. The number of carbonyl (C=O) groups excluding carboxylic acids is 1. The van der Waals surface area contributed by atoms with E-state index in [2.05, 4.69) is 22.8 Å². The first-order chi connectivity index (χ1) is 10.5. The van der Waals surface area contributed by atoms with E-state index < -0.39 is 0 Å². The molecule has 0 unspecified atom stereocenters. The first kappa shape index (κ1) is 18.1. The predicted octanol–water partition coefficient (Wildman–Crippen LogP) is 3.15. The van der Waals surface area contributed by atoms with E-state index in [9.17, 15) is 4.79 Å². The van der Waals surface area contributed by atoms with Crippen molar-refractivity contribution in [3.63, 3.8) is 0 Å². The molecule has 0 aliphatic rings. The lowest BCUT2D eigenvalue weighted by atomic mass is 10.1. The summed E-state index contributed by atoms with van der Waals surface area (Å²) in [5, 5.41) is 7.09. The number of hydrogen-bond donors (Lipinski definition) is 3. The number of nitrogens with two attached hydrogens (primary N) is 1. The Balaban J connectivity index is 2.49. The van der Waals surface area contributed by atoms with Gasteiger partial charge in [0.1, 0.15) is 0 Å². The van der Waals surface area contributed by atoms with E-state index >= 15 is 0 Å². The van der Waals surface area contributed by atoms with Gasteiger partial charge in [-0.3, -0.25) is 10.2 Å². The third-order valence-electron chi connectivity index (χ3n) is 3.18. The van der Waals surface area contributed by atoms with Gasteiger partial charge in [0.25, 0.3) is 0 Å². The number of hydrazone groups is 1. The fraction of sp³-hybridized carbons (Fsp3) is 0.438. The fourth-order valence-corrected chi connectivity index (χ4v) is 1.98. The molecule has 6 heteroatoms. The van der Waals surface area contributed by atoms with Gasteiger partial charge in [0, 0.05) is 12.1 Å². The van der Waals surface area contributed by atoms with Gasteiger partial charge >= 0.3 is 0 Å². The Morgan fingerprint density at radius 3 is 2.50 bits per heavy atom. The minimum absolute atomic E-state index is 0.0596. The number of amides is 1. The molecule has 22 heavy (non-hydrogen) atoms. The molecule has 0 bridgehead atoms. The zero-order valence-corrected chi connectivity index (χ0v) is 14.0. The Kier molecular flexibility index (Phi) is 8.14. The number of thiocarbonyl (C=S) groups is 1. The molecule has 1 aromatic carbocycles. The van der Waals surface area contributed by atoms with Crippen LogP contribution in [0.3, 0.4) is 0 Å². The molecule has 0 spiro atoms. The van der Waals surface area contributed by atoms with Crippen molar-refractivity contribution in [3.05, 3.63) is 29.8 Å². The van der Waals surface area contributed by atoms with Gasteiger partial charge in [-0.25, -0.2) is 0 Å². The quantitative estimate of drug-likeness (QED) is 0.297. The van der Waals surface area contributed by atoms with Crippen molar-refractivity contribution in [1.29, 1.82) is 0 Å². The van der Waals surface area contributed by atoms with Crippen LogP contribution in [0.1, 0.15) is 51.5 Å². The molecule has 0 atom stereocenters. The summed E-state index contributed by atoms with van der Waals surface area (Å²) >= 11 is 4.70. The number of rotatable bonds is 8. The number of nitrogens with one attached hydrogen (secondary N) is 2. The van der Waals surface area contributed by atoms with E-state index in [0.29, 0.717) is 6.42 Å². The first-order valence-electron chi connectivity index (χ1n) is 7.53. The number of hydrogen-bond acceptors (Lipinski definition) is 3. The molecule has 0 aromatic heterocycles. The molecule has 1 amide bonds. The van der Waals surface area contributed by atoms with Crippen LogP contribution in [0, 0.1) is 0 Å². The van der Waals surface area contributed by atoms with Crippen molar-refractivity contribution < 1.29 is 4.79 Å². The maximum absolute atomic E-state index is 11.8. The van der Waals surface area contributed by atoms with Crippen LogP contribution in [-0.4, -0.2) is 16.7 Å². The Morgan fingerprint density at radius 2 is 1.91 bits per heavy atom. The monoisotopic (exact) mass is 320 g/mol. The van der Waals surface area contributed by atoms with Gasteiger partial charge in [-0.1, -0.05) is 38.3 Å². The molecule has 120 valence electrons. The zero-order valence-electron chi connectivity index (χ0n) is 13.2. The maximum atomic E-state index is 11.8. The SMILES string of the molecule is CCCCCCC(=O)Nc1ccc(/C(C)=N/NC(N)=S)cc1. The Bertz CT molecular complexity index is 525. The number of benzene rings is 1. The van der Waals surface area contributed by atoms with Crippen LogP contribution in [0.5, 0.6) is 0 Å². The summed E-state index contributed by atoms with van der Waals surface area (Å²) in [4.78, 5) is 11.8. The number of anilines is 1. The molecule has 0 fully saturated rings. The predicted molar refractivity (Wildman–Crippen MR) is 96.0 cm³/mol. The van der Waals surface area contributed by atoms with Gasteiger partial charge in [-0.2, -0.15) is 5.10 Å². The molecule has 5 nitrogen and oxygen atoms in total. The van der Waals surface area contributed by atoms with Crippen molar-refractivity contribution in [2.45, 2.75) is 46.0 Å². The Labute approximate surface area is 137 Å². The molecule has 0 saturated heterocycles. The van der Waals surface area contributed by atoms with E-state index in [1.807, 2.05) is 31.2 Å². The molecule has 0 heterocycles. The largest absolute Gasteiger partial charge is 0.375 e. The lowest BCUT2D eigenvalue weighted by Gasteiger charge is -2.07. The average Bonchev–Trinajstić information content (AvgIpc) is 2.50. The molecule has 1 rings (SSSR count). The molecule has 4 N–H and O–H groups in total. The number of nitrogens with zero attached hydrogens (tertiary/aromatic N) is 1. The van der Waals surface area contributed by atoms with Gasteiger partial charge in [-0.15, -0.1) is 0 Å². The van der Waals surface area contributed by atoms with Crippen LogP contribution in [0.15, 0.2) is 29.4 Å². The highest BCUT2D eigenvalue weighted by Gasteiger charge is 2.03. The van der Waals surface area contributed by atoms with Gasteiger partial charge in [0.15, 0.2) is 5.11 Å². The van der Waals surface area contributed by atoms with Crippen molar-refractivity contribution in [3.8, 4) is 0 Å². The summed E-state index contributed by atoms with van der Waals surface area (Å²) in [6.07, 6.45) is 4.97. The minimum Gasteiger partial charge on any atom is -0.375 e. The molecular formula is C16H24N4OS. The summed E-state index contributed by atoms with van der Waals surface area (Å²) in [5.41, 5.74) is 10.4.